The van der Waals surface area contributed by atoms with Crippen molar-refractivity contribution in [2.45, 2.75) is 6.42 Å². The Morgan fingerprint density at radius 1 is 1.29 bits per heavy atom. The second kappa shape index (κ2) is 4.58. The minimum atomic E-state index is -0.508. The van der Waals surface area contributed by atoms with Gasteiger partial charge in [-0.2, -0.15) is 0 Å². The van der Waals surface area contributed by atoms with E-state index in [1.165, 1.54) is 18.2 Å². The van der Waals surface area contributed by atoms with E-state index in [9.17, 15) is 15.0 Å². The zero-order valence-corrected chi connectivity index (χ0v) is 8.97. The molecule has 84 valence electrons. The van der Waals surface area contributed by atoms with Crippen molar-refractivity contribution in [2.24, 2.45) is 0 Å². The van der Waals surface area contributed by atoms with Crippen LogP contribution in [0, 0.1) is 11.8 Å². The maximum Gasteiger partial charge on any atom is 0.240 e. The molecule has 0 spiro atoms. The second-order valence-corrected chi connectivity index (χ2v) is 3.60. The number of ketones is 1. The fourth-order valence-corrected chi connectivity index (χ4v) is 1.45. The van der Waals surface area contributed by atoms with Crippen LogP contribution in [0.15, 0.2) is 42.0 Å². The highest BCUT2D eigenvalue weighted by atomic mass is 16.3. The monoisotopic (exact) mass is 226 g/mol. The number of phenols is 2. The van der Waals surface area contributed by atoms with Gasteiger partial charge in [-0.1, -0.05) is 24.1 Å². The number of hydrogen-bond donors (Lipinski definition) is 2. The molecule has 1 aliphatic carbocycles. The molecule has 0 aromatic heterocycles. The van der Waals surface area contributed by atoms with Crippen molar-refractivity contribution in [1.82, 2.24) is 0 Å². The van der Waals surface area contributed by atoms with Crippen molar-refractivity contribution in [3.63, 3.8) is 0 Å². The lowest BCUT2D eigenvalue weighted by molar-refractivity contribution is 0.105. The molecular weight excluding hydrogens is 216 g/mol. The molecule has 2 rings (SSSR count). The van der Waals surface area contributed by atoms with E-state index >= 15 is 0 Å². The SMILES string of the molecule is O=C(C#CC1=CC=CC1)c1cc(O)ccc1O. The summed E-state index contributed by atoms with van der Waals surface area (Å²) in [5.41, 5.74) is 0.877. The number of benzene rings is 1. The van der Waals surface area contributed by atoms with E-state index in [-0.39, 0.29) is 17.1 Å². The Bertz CT molecular complexity index is 583. The minimum absolute atomic E-state index is 0.0176. The fourth-order valence-electron chi connectivity index (χ4n) is 1.45. The number of phenolic OH excluding ortho intramolecular Hbond substituents is 2. The van der Waals surface area contributed by atoms with Crippen LogP contribution in [0.25, 0.3) is 0 Å². The Morgan fingerprint density at radius 2 is 2.12 bits per heavy atom. The lowest BCUT2D eigenvalue weighted by Gasteiger charge is -1.99. The number of Topliss-reactive ketones (excluding diaryl/α,β-unsaturated/α-hetero) is 1. The van der Waals surface area contributed by atoms with Crippen LogP contribution in [0.1, 0.15) is 16.8 Å². The summed E-state index contributed by atoms with van der Waals surface area (Å²) in [6, 6.07) is 3.78. The third kappa shape index (κ3) is 2.56. The summed E-state index contributed by atoms with van der Waals surface area (Å²) >= 11 is 0. The third-order valence-corrected chi connectivity index (χ3v) is 2.33. The molecule has 0 radical (unpaired) electrons. The number of carbonyl (C=O) groups excluding carboxylic acids is 1. The van der Waals surface area contributed by atoms with Gasteiger partial charge in [-0.15, -0.1) is 0 Å². The molecule has 0 unspecified atom stereocenters. The standard InChI is InChI=1S/C14H10O3/c15-11-6-8-14(17)12(9-11)13(16)7-5-10-3-1-2-4-10/h1-3,6,8-9,15,17H,4H2. The van der Waals surface area contributed by atoms with Crippen LogP contribution in [0.5, 0.6) is 11.5 Å². The lowest BCUT2D eigenvalue weighted by atomic mass is 10.1. The largest absolute Gasteiger partial charge is 0.508 e. The van der Waals surface area contributed by atoms with Crippen molar-refractivity contribution >= 4 is 5.78 Å². The van der Waals surface area contributed by atoms with Crippen molar-refractivity contribution in [3.05, 3.63) is 47.6 Å². The third-order valence-electron chi connectivity index (χ3n) is 2.33. The minimum Gasteiger partial charge on any atom is -0.508 e. The molecule has 3 heteroatoms. The summed E-state index contributed by atoms with van der Waals surface area (Å²) in [5, 5.41) is 18.7. The first kappa shape index (κ1) is 11.0. The van der Waals surface area contributed by atoms with E-state index in [2.05, 4.69) is 11.8 Å². The van der Waals surface area contributed by atoms with Gasteiger partial charge in [0.2, 0.25) is 5.78 Å². The molecule has 0 atom stereocenters. The maximum atomic E-state index is 11.7. The highest BCUT2D eigenvalue weighted by Gasteiger charge is 2.09. The molecule has 0 saturated carbocycles. The van der Waals surface area contributed by atoms with E-state index in [0.29, 0.717) is 0 Å². The van der Waals surface area contributed by atoms with Crippen molar-refractivity contribution in [3.8, 4) is 23.3 Å². The molecule has 3 nitrogen and oxygen atoms in total. The van der Waals surface area contributed by atoms with E-state index < -0.39 is 5.78 Å². The molecule has 0 amide bonds. The molecule has 2 N–H and O–H groups in total. The average Bonchev–Trinajstić information content (AvgIpc) is 2.82. The highest BCUT2D eigenvalue weighted by Crippen LogP contribution is 2.22. The van der Waals surface area contributed by atoms with E-state index in [1.54, 1.807) is 0 Å². The predicted molar refractivity (Wildman–Crippen MR) is 63.7 cm³/mol. The van der Waals surface area contributed by atoms with E-state index in [0.717, 1.165) is 12.0 Å². The zero-order valence-electron chi connectivity index (χ0n) is 8.97. The number of hydrogen-bond acceptors (Lipinski definition) is 3. The van der Waals surface area contributed by atoms with Crippen LogP contribution < -0.4 is 0 Å². The fraction of sp³-hybridized carbons (Fsp3) is 0.0714. The molecule has 0 aliphatic heterocycles. The van der Waals surface area contributed by atoms with Gasteiger partial charge in [-0.3, -0.25) is 4.79 Å². The molecule has 0 bridgehead atoms. The van der Waals surface area contributed by atoms with Crippen LogP contribution in [0.3, 0.4) is 0 Å². The number of allylic oxidation sites excluding steroid dienone is 4. The molecule has 0 heterocycles. The Kier molecular flexibility index (Phi) is 2.97. The second-order valence-electron chi connectivity index (χ2n) is 3.60. The van der Waals surface area contributed by atoms with Crippen LogP contribution in [-0.4, -0.2) is 16.0 Å². The lowest BCUT2D eigenvalue weighted by Crippen LogP contribution is -1.95. The number of aromatic hydroxyl groups is 2. The van der Waals surface area contributed by atoms with Gasteiger partial charge in [0.15, 0.2) is 0 Å². The van der Waals surface area contributed by atoms with E-state index in [1.807, 2.05) is 18.2 Å². The van der Waals surface area contributed by atoms with Gasteiger partial charge in [-0.05, 0) is 30.5 Å². The quantitative estimate of drug-likeness (QED) is 0.334. The Hall–Kier alpha value is -2.47. The molecule has 1 aromatic carbocycles. The van der Waals surface area contributed by atoms with Crippen LogP contribution in [0.4, 0.5) is 0 Å². The molecular formula is C14H10O3. The topological polar surface area (TPSA) is 57.5 Å². The number of carbonyl (C=O) groups is 1. The highest BCUT2D eigenvalue weighted by molar-refractivity contribution is 6.11. The summed E-state index contributed by atoms with van der Waals surface area (Å²) in [6.45, 7) is 0. The Labute approximate surface area is 98.7 Å². The van der Waals surface area contributed by atoms with Crippen molar-refractivity contribution in [1.29, 1.82) is 0 Å². The predicted octanol–water partition coefficient (Wildman–Crippen LogP) is 2.17. The van der Waals surface area contributed by atoms with Gasteiger partial charge in [0.25, 0.3) is 0 Å². The van der Waals surface area contributed by atoms with Gasteiger partial charge in [0.1, 0.15) is 11.5 Å². The van der Waals surface area contributed by atoms with E-state index in [4.69, 9.17) is 0 Å². The van der Waals surface area contributed by atoms with Gasteiger partial charge in [-0.25, -0.2) is 0 Å². The van der Waals surface area contributed by atoms with Crippen molar-refractivity contribution < 1.29 is 15.0 Å². The number of rotatable bonds is 1. The first-order valence-electron chi connectivity index (χ1n) is 5.11. The van der Waals surface area contributed by atoms with Crippen molar-refractivity contribution in [2.75, 3.05) is 0 Å². The molecule has 0 saturated heterocycles. The Balaban J connectivity index is 2.22. The first-order chi connectivity index (χ1) is 8.16. The summed E-state index contributed by atoms with van der Waals surface area (Å²) < 4.78 is 0. The zero-order chi connectivity index (χ0) is 12.3. The molecule has 17 heavy (non-hydrogen) atoms. The van der Waals surface area contributed by atoms with Gasteiger partial charge >= 0.3 is 0 Å². The average molecular weight is 226 g/mol. The van der Waals surface area contributed by atoms with Gasteiger partial charge in [0.05, 0.1) is 5.56 Å². The molecule has 1 aliphatic rings. The van der Waals surface area contributed by atoms with Gasteiger partial charge < -0.3 is 10.2 Å². The smallest absolute Gasteiger partial charge is 0.240 e. The first-order valence-corrected chi connectivity index (χ1v) is 5.11. The maximum absolute atomic E-state index is 11.7. The Morgan fingerprint density at radius 3 is 2.82 bits per heavy atom. The van der Waals surface area contributed by atoms with Crippen LogP contribution in [-0.2, 0) is 0 Å². The summed E-state index contributed by atoms with van der Waals surface area (Å²) in [5.74, 6) is 4.41. The molecule has 0 fully saturated rings. The summed E-state index contributed by atoms with van der Waals surface area (Å²) in [7, 11) is 0. The van der Waals surface area contributed by atoms with Gasteiger partial charge in [0, 0.05) is 5.57 Å². The normalized spacial score (nSPS) is 12.8. The van der Waals surface area contributed by atoms with Crippen LogP contribution in [0.2, 0.25) is 0 Å². The summed E-state index contributed by atoms with van der Waals surface area (Å²) in [6.07, 6.45) is 6.38. The summed E-state index contributed by atoms with van der Waals surface area (Å²) in [4.78, 5) is 11.7. The molecule has 1 aromatic rings. The van der Waals surface area contributed by atoms with Crippen LogP contribution >= 0.6 is 0 Å².